The first kappa shape index (κ1) is 21.3. The highest BCUT2D eigenvalue weighted by atomic mass is 127. The van der Waals surface area contributed by atoms with Crippen molar-refractivity contribution in [2.45, 2.75) is 26.9 Å². The summed E-state index contributed by atoms with van der Waals surface area (Å²) in [5, 5.41) is 0. The Kier molecular flexibility index (Phi) is 9.99. The summed E-state index contributed by atoms with van der Waals surface area (Å²) in [5.41, 5.74) is 8.38. The number of halogens is 1. The molecule has 0 heterocycles. The standard InChI is InChI=1S/C20H27N3O.HI/c1-3-23(4-2)20(21)22-15-14-17-10-12-19(13-11-17)24-16-18-8-6-5-7-9-18;/h5-13H,3-4,14-16H2,1-2H3,(H2,21,22);1H. The van der Waals surface area contributed by atoms with Gasteiger partial charge in [-0.25, -0.2) is 0 Å². The highest BCUT2D eigenvalue weighted by Crippen LogP contribution is 2.14. The molecular formula is C20H28IN3O. The average molecular weight is 453 g/mol. The lowest BCUT2D eigenvalue weighted by Gasteiger charge is -2.19. The van der Waals surface area contributed by atoms with E-state index in [-0.39, 0.29) is 24.0 Å². The predicted molar refractivity (Wildman–Crippen MR) is 116 cm³/mol. The maximum atomic E-state index is 5.98. The molecule has 0 radical (unpaired) electrons. The lowest BCUT2D eigenvalue weighted by molar-refractivity contribution is 0.306. The zero-order valence-corrected chi connectivity index (χ0v) is 17.4. The summed E-state index contributed by atoms with van der Waals surface area (Å²) < 4.78 is 5.80. The van der Waals surface area contributed by atoms with Gasteiger partial charge in [0.25, 0.3) is 0 Å². The highest BCUT2D eigenvalue weighted by Gasteiger charge is 2.02. The first-order chi connectivity index (χ1) is 11.7. The number of aliphatic imine (C=N–C) groups is 1. The van der Waals surface area contributed by atoms with E-state index in [0.29, 0.717) is 19.1 Å². The first-order valence-electron chi connectivity index (χ1n) is 8.53. The topological polar surface area (TPSA) is 50.8 Å². The van der Waals surface area contributed by atoms with E-state index in [1.165, 1.54) is 11.1 Å². The summed E-state index contributed by atoms with van der Waals surface area (Å²) in [7, 11) is 0. The van der Waals surface area contributed by atoms with Gasteiger partial charge in [0.1, 0.15) is 12.4 Å². The van der Waals surface area contributed by atoms with Gasteiger partial charge in [0.15, 0.2) is 5.96 Å². The Labute approximate surface area is 168 Å². The Balaban J connectivity index is 0.00000312. The van der Waals surface area contributed by atoms with Crippen molar-refractivity contribution < 1.29 is 4.74 Å². The lowest BCUT2D eigenvalue weighted by Crippen LogP contribution is -2.37. The van der Waals surface area contributed by atoms with Crippen molar-refractivity contribution in [3.05, 3.63) is 65.7 Å². The van der Waals surface area contributed by atoms with Gasteiger partial charge in [-0.1, -0.05) is 42.5 Å². The van der Waals surface area contributed by atoms with Crippen LogP contribution in [0.4, 0.5) is 0 Å². The molecule has 5 heteroatoms. The molecule has 25 heavy (non-hydrogen) atoms. The van der Waals surface area contributed by atoms with Crippen LogP contribution in [0.1, 0.15) is 25.0 Å². The van der Waals surface area contributed by atoms with Crippen LogP contribution in [0.15, 0.2) is 59.6 Å². The van der Waals surface area contributed by atoms with Crippen molar-refractivity contribution in [1.82, 2.24) is 4.90 Å². The van der Waals surface area contributed by atoms with Gasteiger partial charge in [0.2, 0.25) is 0 Å². The van der Waals surface area contributed by atoms with Gasteiger partial charge in [0, 0.05) is 19.6 Å². The summed E-state index contributed by atoms with van der Waals surface area (Å²) >= 11 is 0. The highest BCUT2D eigenvalue weighted by molar-refractivity contribution is 14.0. The molecule has 0 aliphatic rings. The molecule has 0 aliphatic carbocycles. The Morgan fingerprint density at radius 3 is 2.20 bits per heavy atom. The summed E-state index contributed by atoms with van der Waals surface area (Å²) in [6.07, 6.45) is 0.876. The first-order valence-corrected chi connectivity index (χ1v) is 8.53. The number of benzene rings is 2. The van der Waals surface area contributed by atoms with Gasteiger partial charge in [-0.2, -0.15) is 0 Å². The lowest BCUT2D eigenvalue weighted by atomic mass is 10.1. The van der Waals surface area contributed by atoms with E-state index in [0.717, 1.165) is 25.3 Å². The number of hydrogen-bond donors (Lipinski definition) is 1. The van der Waals surface area contributed by atoms with Crippen LogP contribution >= 0.6 is 24.0 Å². The van der Waals surface area contributed by atoms with Gasteiger partial charge >= 0.3 is 0 Å². The van der Waals surface area contributed by atoms with Gasteiger partial charge in [0.05, 0.1) is 0 Å². The fourth-order valence-electron chi connectivity index (χ4n) is 2.44. The van der Waals surface area contributed by atoms with E-state index in [9.17, 15) is 0 Å². The second-order valence-electron chi connectivity index (χ2n) is 5.58. The van der Waals surface area contributed by atoms with Crippen molar-refractivity contribution in [3.63, 3.8) is 0 Å². The summed E-state index contributed by atoms with van der Waals surface area (Å²) in [5.74, 6) is 1.51. The van der Waals surface area contributed by atoms with Crippen LogP contribution in [0.25, 0.3) is 0 Å². The number of rotatable bonds is 8. The molecule has 0 unspecified atom stereocenters. The minimum absolute atomic E-state index is 0. The van der Waals surface area contributed by atoms with Crippen molar-refractivity contribution in [1.29, 1.82) is 0 Å². The van der Waals surface area contributed by atoms with Crippen LogP contribution < -0.4 is 10.5 Å². The van der Waals surface area contributed by atoms with E-state index in [4.69, 9.17) is 10.5 Å². The average Bonchev–Trinajstić information content (AvgIpc) is 2.63. The fourth-order valence-corrected chi connectivity index (χ4v) is 2.44. The number of ether oxygens (including phenoxy) is 1. The van der Waals surface area contributed by atoms with Gasteiger partial charge in [-0.3, -0.25) is 4.99 Å². The van der Waals surface area contributed by atoms with Crippen molar-refractivity contribution in [3.8, 4) is 5.75 Å². The number of hydrogen-bond acceptors (Lipinski definition) is 2. The molecule has 0 fully saturated rings. The summed E-state index contributed by atoms with van der Waals surface area (Å²) in [6, 6.07) is 18.4. The Morgan fingerprint density at radius 1 is 0.960 bits per heavy atom. The van der Waals surface area contributed by atoms with E-state index in [1.807, 2.05) is 30.3 Å². The molecule has 136 valence electrons. The molecule has 2 N–H and O–H groups in total. The molecule has 2 aromatic rings. The quantitative estimate of drug-likeness (QED) is 0.372. The zero-order chi connectivity index (χ0) is 17.2. The molecule has 0 saturated heterocycles. The summed E-state index contributed by atoms with van der Waals surface area (Å²) in [6.45, 7) is 7.23. The maximum absolute atomic E-state index is 5.98. The molecule has 0 aromatic heterocycles. The molecule has 4 nitrogen and oxygen atoms in total. The third kappa shape index (κ3) is 7.34. The smallest absolute Gasteiger partial charge is 0.191 e. The largest absolute Gasteiger partial charge is 0.489 e. The number of nitrogens with two attached hydrogens (primary N) is 1. The third-order valence-electron chi connectivity index (χ3n) is 3.93. The minimum atomic E-state index is 0. The Morgan fingerprint density at radius 2 is 1.60 bits per heavy atom. The van der Waals surface area contributed by atoms with E-state index in [1.54, 1.807) is 0 Å². The normalized spacial score (nSPS) is 10.9. The SMILES string of the molecule is CCN(CC)C(N)=NCCc1ccc(OCc2ccccc2)cc1.I. The number of guanidine groups is 1. The van der Waals surface area contributed by atoms with Crippen LogP contribution in [0, 0.1) is 0 Å². The molecule has 2 aromatic carbocycles. The van der Waals surface area contributed by atoms with Crippen LogP contribution in [0.3, 0.4) is 0 Å². The minimum Gasteiger partial charge on any atom is -0.489 e. The molecule has 0 saturated carbocycles. The van der Waals surface area contributed by atoms with E-state index in [2.05, 4.69) is 48.0 Å². The van der Waals surface area contributed by atoms with Crippen LogP contribution in [-0.4, -0.2) is 30.5 Å². The predicted octanol–water partition coefficient (Wildman–Crippen LogP) is 4.08. The molecule has 0 bridgehead atoms. The molecule has 0 amide bonds. The van der Waals surface area contributed by atoms with Gasteiger partial charge in [-0.05, 0) is 43.5 Å². The van der Waals surface area contributed by atoms with Crippen LogP contribution in [0.2, 0.25) is 0 Å². The number of nitrogens with zero attached hydrogens (tertiary/aromatic N) is 2. The zero-order valence-electron chi connectivity index (χ0n) is 15.0. The van der Waals surface area contributed by atoms with Crippen LogP contribution in [-0.2, 0) is 13.0 Å². The van der Waals surface area contributed by atoms with Crippen molar-refractivity contribution >= 4 is 29.9 Å². The molecule has 0 atom stereocenters. The third-order valence-corrected chi connectivity index (χ3v) is 3.93. The fraction of sp³-hybridized carbons (Fsp3) is 0.350. The van der Waals surface area contributed by atoms with Gasteiger partial charge in [-0.15, -0.1) is 24.0 Å². The monoisotopic (exact) mass is 453 g/mol. The van der Waals surface area contributed by atoms with Crippen LogP contribution in [0.5, 0.6) is 5.75 Å². The molecular weight excluding hydrogens is 425 g/mol. The van der Waals surface area contributed by atoms with Crippen molar-refractivity contribution in [2.24, 2.45) is 10.7 Å². The van der Waals surface area contributed by atoms with E-state index >= 15 is 0 Å². The second-order valence-corrected chi connectivity index (χ2v) is 5.58. The Hall–Kier alpha value is -1.76. The van der Waals surface area contributed by atoms with Gasteiger partial charge < -0.3 is 15.4 Å². The second kappa shape index (κ2) is 11.7. The maximum Gasteiger partial charge on any atom is 0.191 e. The van der Waals surface area contributed by atoms with Crippen molar-refractivity contribution in [2.75, 3.05) is 19.6 Å². The molecule has 2 rings (SSSR count). The Bertz CT molecular complexity index is 625. The summed E-state index contributed by atoms with van der Waals surface area (Å²) in [4.78, 5) is 6.51. The molecule has 0 aliphatic heterocycles. The molecule has 0 spiro atoms. The van der Waals surface area contributed by atoms with E-state index < -0.39 is 0 Å².